The van der Waals surface area contributed by atoms with E-state index >= 15 is 0 Å². The van der Waals surface area contributed by atoms with Crippen LogP contribution in [0.4, 0.5) is 4.39 Å². The second-order valence-corrected chi connectivity index (χ2v) is 5.70. The largest absolute Gasteiger partial charge is 0.493 e. The fourth-order valence-electron chi connectivity index (χ4n) is 2.61. The Morgan fingerprint density at radius 1 is 1.12 bits per heavy atom. The van der Waals surface area contributed by atoms with Crippen molar-refractivity contribution in [2.45, 2.75) is 19.4 Å². The molecule has 0 radical (unpaired) electrons. The summed E-state index contributed by atoms with van der Waals surface area (Å²) < 4.78 is 23.6. The molecular weight excluding hydrogens is 341 g/mol. The number of rotatable bonds is 7. The van der Waals surface area contributed by atoms with Gasteiger partial charge in [-0.05, 0) is 48.4 Å². The number of amides is 1. The average Bonchev–Trinajstić information content (AvgIpc) is 2.59. The summed E-state index contributed by atoms with van der Waals surface area (Å²) in [4.78, 5) is 23.8. The van der Waals surface area contributed by atoms with Gasteiger partial charge in [0.2, 0.25) is 0 Å². The Bertz CT molecular complexity index is 822. The van der Waals surface area contributed by atoms with Gasteiger partial charge in [-0.1, -0.05) is 6.07 Å². The van der Waals surface area contributed by atoms with Crippen molar-refractivity contribution >= 4 is 11.9 Å². The third-order valence-corrected chi connectivity index (χ3v) is 3.93. The van der Waals surface area contributed by atoms with Gasteiger partial charge in [0, 0.05) is 5.56 Å². The first-order valence-electron chi connectivity index (χ1n) is 7.86. The van der Waals surface area contributed by atoms with Crippen molar-refractivity contribution < 1.29 is 28.6 Å². The summed E-state index contributed by atoms with van der Waals surface area (Å²) >= 11 is 0. The van der Waals surface area contributed by atoms with Gasteiger partial charge in [0.25, 0.3) is 5.91 Å². The van der Waals surface area contributed by atoms with Gasteiger partial charge in [0.05, 0.1) is 26.7 Å². The van der Waals surface area contributed by atoms with Crippen LogP contribution in [0, 0.1) is 12.7 Å². The molecule has 1 unspecified atom stereocenters. The number of hydrogen-bond acceptors (Lipinski definition) is 4. The standard InChI is InChI=1S/C19H20FNO5/c1-11-8-13(20)5-6-14(11)19(24)21-15(10-18(22)23)12-4-7-16(25-2)17(9-12)26-3/h4-9,15H,10H2,1-3H3,(H,21,24)(H,22,23). The zero-order valence-electron chi connectivity index (χ0n) is 14.7. The lowest BCUT2D eigenvalue weighted by atomic mass is 10.0. The average molecular weight is 361 g/mol. The van der Waals surface area contributed by atoms with E-state index in [4.69, 9.17) is 9.47 Å². The molecule has 1 atom stereocenters. The molecule has 2 aromatic rings. The van der Waals surface area contributed by atoms with Gasteiger partial charge in [-0.2, -0.15) is 0 Å². The Balaban J connectivity index is 2.32. The van der Waals surface area contributed by atoms with E-state index < -0.39 is 23.7 Å². The van der Waals surface area contributed by atoms with Crippen LogP contribution in [0.15, 0.2) is 36.4 Å². The highest BCUT2D eigenvalue weighted by Crippen LogP contribution is 2.31. The van der Waals surface area contributed by atoms with Crippen molar-refractivity contribution in [1.82, 2.24) is 5.32 Å². The van der Waals surface area contributed by atoms with Gasteiger partial charge in [0.15, 0.2) is 11.5 Å². The fourth-order valence-corrected chi connectivity index (χ4v) is 2.61. The summed E-state index contributed by atoms with van der Waals surface area (Å²) in [5, 5.41) is 11.9. The fraction of sp³-hybridized carbons (Fsp3) is 0.263. The first kappa shape index (κ1) is 19.2. The molecule has 26 heavy (non-hydrogen) atoms. The van der Waals surface area contributed by atoms with Gasteiger partial charge >= 0.3 is 5.97 Å². The van der Waals surface area contributed by atoms with Gasteiger partial charge in [-0.25, -0.2) is 4.39 Å². The van der Waals surface area contributed by atoms with Crippen LogP contribution in [0.2, 0.25) is 0 Å². The van der Waals surface area contributed by atoms with E-state index in [1.165, 1.54) is 32.4 Å². The molecule has 6 nitrogen and oxygen atoms in total. The van der Waals surface area contributed by atoms with Crippen LogP contribution in [0.5, 0.6) is 11.5 Å². The van der Waals surface area contributed by atoms with Crippen molar-refractivity contribution in [1.29, 1.82) is 0 Å². The lowest BCUT2D eigenvalue weighted by Gasteiger charge is -2.19. The number of aryl methyl sites for hydroxylation is 1. The minimum absolute atomic E-state index is 0.280. The molecule has 0 aliphatic rings. The maximum Gasteiger partial charge on any atom is 0.305 e. The first-order chi connectivity index (χ1) is 12.3. The summed E-state index contributed by atoms with van der Waals surface area (Å²) in [6.07, 6.45) is -0.318. The molecule has 7 heteroatoms. The van der Waals surface area contributed by atoms with E-state index in [2.05, 4.69) is 5.32 Å². The quantitative estimate of drug-likeness (QED) is 0.792. The normalized spacial score (nSPS) is 11.5. The molecule has 2 aromatic carbocycles. The molecule has 0 bridgehead atoms. The van der Waals surface area contributed by atoms with Crippen molar-refractivity contribution in [3.8, 4) is 11.5 Å². The van der Waals surface area contributed by atoms with E-state index in [0.29, 0.717) is 22.6 Å². The van der Waals surface area contributed by atoms with E-state index in [0.717, 1.165) is 0 Å². The number of carbonyl (C=O) groups is 2. The summed E-state index contributed by atoms with van der Waals surface area (Å²) in [6, 6.07) is 7.92. The Morgan fingerprint density at radius 2 is 1.81 bits per heavy atom. The Morgan fingerprint density at radius 3 is 2.38 bits per heavy atom. The van der Waals surface area contributed by atoms with Crippen LogP contribution in [0.3, 0.4) is 0 Å². The maximum atomic E-state index is 13.2. The number of carbonyl (C=O) groups excluding carboxylic acids is 1. The van der Waals surface area contributed by atoms with E-state index in [9.17, 15) is 19.1 Å². The van der Waals surface area contributed by atoms with Gasteiger partial charge in [0.1, 0.15) is 5.82 Å². The lowest BCUT2D eigenvalue weighted by Crippen LogP contribution is -2.30. The number of hydrogen-bond donors (Lipinski definition) is 2. The number of ether oxygens (including phenoxy) is 2. The van der Waals surface area contributed by atoms with E-state index in [1.807, 2.05) is 0 Å². The molecule has 0 aliphatic heterocycles. The molecule has 0 fully saturated rings. The molecule has 1 amide bonds. The first-order valence-corrected chi connectivity index (χ1v) is 7.86. The highest BCUT2D eigenvalue weighted by atomic mass is 19.1. The summed E-state index contributed by atoms with van der Waals surface area (Å²) in [7, 11) is 2.96. The maximum absolute atomic E-state index is 13.2. The minimum Gasteiger partial charge on any atom is -0.493 e. The summed E-state index contributed by atoms with van der Waals surface area (Å²) in [6.45, 7) is 1.61. The molecule has 0 saturated heterocycles. The van der Waals surface area contributed by atoms with Crippen molar-refractivity contribution in [2.75, 3.05) is 14.2 Å². The Hall–Kier alpha value is -3.09. The van der Waals surface area contributed by atoms with Crippen molar-refractivity contribution in [3.05, 3.63) is 58.9 Å². The SMILES string of the molecule is COc1ccc(C(CC(=O)O)NC(=O)c2ccc(F)cc2C)cc1OC. The molecule has 0 aliphatic carbocycles. The number of nitrogens with one attached hydrogen (secondary N) is 1. The predicted octanol–water partition coefficient (Wildman–Crippen LogP) is 3.10. The lowest BCUT2D eigenvalue weighted by molar-refractivity contribution is -0.137. The number of carboxylic acid groups (broad SMARTS) is 1. The second kappa shape index (κ2) is 8.33. The molecule has 0 spiro atoms. The smallest absolute Gasteiger partial charge is 0.305 e. The molecule has 0 heterocycles. The van der Waals surface area contributed by atoms with Crippen LogP contribution in [0.25, 0.3) is 0 Å². The predicted molar refractivity (Wildman–Crippen MR) is 93.1 cm³/mol. The number of carboxylic acids is 1. The molecule has 2 rings (SSSR count). The van der Waals surface area contributed by atoms with Crippen LogP contribution < -0.4 is 14.8 Å². The van der Waals surface area contributed by atoms with Gasteiger partial charge in [-0.3, -0.25) is 9.59 Å². The number of benzene rings is 2. The number of halogens is 1. The van der Waals surface area contributed by atoms with Crippen LogP contribution in [-0.2, 0) is 4.79 Å². The topological polar surface area (TPSA) is 84.9 Å². The number of aliphatic carboxylic acids is 1. The third-order valence-electron chi connectivity index (χ3n) is 3.93. The number of methoxy groups -OCH3 is 2. The van der Waals surface area contributed by atoms with Gasteiger partial charge in [-0.15, -0.1) is 0 Å². The second-order valence-electron chi connectivity index (χ2n) is 5.70. The monoisotopic (exact) mass is 361 g/mol. The summed E-state index contributed by atoms with van der Waals surface area (Å²) in [5.41, 5.74) is 1.30. The zero-order chi connectivity index (χ0) is 19.3. The third kappa shape index (κ3) is 4.50. The minimum atomic E-state index is -1.07. The van der Waals surface area contributed by atoms with Crippen LogP contribution >= 0.6 is 0 Å². The molecule has 0 aromatic heterocycles. The van der Waals surface area contributed by atoms with E-state index in [1.54, 1.807) is 25.1 Å². The Kier molecular flexibility index (Phi) is 6.16. The molecule has 2 N–H and O–H groups in total. The highest BCUT2D eigenvalue weighted by molar-refractivity contribution is 5.96. The van der Waals surface area contributed by atoms with Crippen molar-refractivity contribution in [3.63, 3.8) is 0 Å². The molecular formula is C19H20FNO5. The van der Waals surface area contributed by atoms with Crippen LogP contribution in [0.1, 0.15) is 33.9 Å². The molecule has 0 saturated carbocycles. The van der Waals surface area contributed by atoms with Crippen LogP contribution in [-0.4, -0.2) is 31.2 Å². The highest BCUT2D eigenvalue weighted by Gasteiger charge is 2.21. The zero-order valence-corrected chi connectivity index (χ0v) is 14.7. The van der Waals surface area contributed by atoms with E-state index in [-0.39, 0.29) is 12.0 Å². The van der Waals surface area contributed by atoms with Crippen molar-refractivity contribution in [2.24, 2.45) is 0 Å². The molecule has 138 valence electrons. The summed E-state index contributed by atoms with van der Waals surface area (Å²) in [5.74, 6) is -1.08. The Labute approximate surface area is 150 Å². The van der Waals surface area contributed by atoms with Gasteiger partial charge < -0.3 is 19.9 Å².